The number of aromatic nitrogens is 1. The van der Waals surface area contributed by atoms with Crippen molar-refractivity contribution in [1.82, 2.24) is 9.88 Å². The molecule has 8 heteroatoms. The van der Waals surface area contributed by atoms with Crippen molar-refractivity contribution in [2.75, 3.05) is 4.90 Å². The lowest BCUT2D eigenvalue weighted by Crippen LogP contribution is -2.54. The van der Waals surface area contributed by atoms with Gasteiger partial charge < -0.3 is 9.67 Å². The first-order chi connectivity index (χ1) is 14.8. The first-order valence-corrected chi connectivity index (χ1v) is 9.80. The number of rotatable bonds is 3. The highest BCUT2D eigenvalue weighted by atomic mass is 35.5. The molecule has 0 atom stereocenters. The number of nitrogens with zero attached hydrogens (tertiary/aromatic N) is 2. The van der Waals surface area contributed by atoms with Crippen molar-refractivity contribution in [1.29, 1.82) is 0 Å². The molecule has 1 aromatic heterocycles. The number of anilines is 1. The number of phenolic OH excluding ortho intramolecular Hbond substituents is 1. The number of phenols is 1. The molecule has 0 bridgehead atoms. The third-order valence-electron chi connectivity index (χ3n) is 5.08. The SMILES string of the molecule is Cc1cc(/C=C2\C(=O)NC(=O)N(c3ccc(Cl)cc3)C2=O)c(C)n1-c1ccccc1O. The average Bonchev–Trinajstić information content (AvgIpc) is 3.00. The Morgan fingerprint density at radius 1 is 1.00 bits per heavy atom. The summed E-state index contributed by atoms with van der Waals surface area (Å²) < 4.78 is 1.83. The standard InChI is InChI=1S/C23H18ClN3O4/c1-13-11-15(14(2)26(13)19-5-3-4-6-20(19)28)12-18-21(29)25-23(31)27(22(18)30)17-9-7-16(24)8-10-17/h3-12,28H,1-2H3,(H,25,29,31)/b18-12+. The van der Waals surface area contributed by atoms with E-state index in [-0.39, 0.29) is 11.3 Å². The van der Waals surface area contributed by atoms with E-state index in [1.807, 2.05) is 18.4 Å². The first kappa shape index (κ1) is 20.4. The lowest BCUT2D eigenvalue weighted by Gasteiger charge is -2.26. The Kier molecular flexibility index (Phi) is 5.12. The molecule has 1 aliphatic heterocycles. The molecule has 0 spiro atoms. The van der Waals surface area contributed by atoms with Gasteiger partial charge in [-0.3, -0.25) is 14.9 Å². The smallest absolute Gasteiger partial charge is 0.335 e. The number of amides is 4. The molecule has 1 aliphatic rings. The van der Waals surface area contributed by atoms with Gasteiger partial charge >= 0.3 is 6.03 Å². The Bertz CT molecular complexity index is 1260. The molecule has 7 nitrogen and oxygen atoms in total. The van der Waals surface area contributed by atoms with Crippen molar-refractivity contribution < 1.29 is 19.5 Å². The number of para-hydroxylation sites is 2. The van der Waals surface area contributed by atoms with Crippen molar-refractivity contribution in [3.05, 3.63) is 82.1 Å². The van der Waals surface area contributed by atoms with Crippen LogP contribution in [0.15, 0.2) is 60.2 Å². The maximum Gasteiger partial charge on any atom is 0.335 e. The van der Waals surface area contributed by atoms with E-state index < -0.39 is 17.8 Å². The fourth-order valence-corrected chi connectivity index (χ4v) is 3.72. The van der Waals surface area contributed by atoms with Crippen molar-refractivity contribution in [3.8, 4) is 11.4 Å². The zero-order valence-corrected chi connectivity index (χ0v) is 17.5. The Morgan fingerprint density at radius 2 is 1.68 bits per heavy atom. The number of hydrogen-bond donors (Lipinski definition) is 2. The second-order valence-corrected chi connectivity index (χ2v) is 7.52. The number of hydrogen-bond acceptors (Lipinski definition) is 4. The summed E-state index contributed by atoms with van der Waals surface area (Å²) >= 11 is 5.89. The molecular formula is C23H18ClN3O4. The number of carbonyl (C=O) groups excluding carboxylic acids is 3. The molecule has 0 saturated carbocycles. The third-order valence-corrected chi connectivity index (χ3v) is 5.33. The van der Waals surface area contributed by atoms with Crippen molar-refractivity contribution in [2.24, 2.45) is 0 Å². The van der Waals surface area contributed by atoms with Crippen LogP contribution in [0.5, 0.6) is 5.75 Å². The van der Waals surface area contributed by atoms with Crippen LogP contribution in [0.25, 0.3) is 11.8 Å². The second-order valence-electron chi connectivity index (χ2n) is 7.08. The number of benzene rings is 2. The van der Waals surface area contributed by atoms with E-state index in [0.29, 0.717) is 22.0 Å². The van der Waals surface area contributed by atoms with Gasteiger partial charge in [0, 0.05) is 16.4 Å². The number of nitrogens with one attached hydrogen (secondary N) is 1. The van der Waals surface area contributed by atoms with Crippen LogP contribution in [-0.2, 0) is 9.59 Å². The van der Waals surface area contributed by atoms with Crippen LogP contribution >= 0.6 is 11.6 Å². The van der Waals surface area contributed by atoms with E-state index >= 15 is 0 Å². The zero-order chi connectivity index (χ0) is 22.3. The van der Waals surface area contributed by atoms with Gasteiger partial charge in [-0.15, -0.1) is 0 Å². The van der Waals surface area contributed by atoms with Gasteiger partial charge in [0.15, 0.2) is 0 Å². The molecule has 2 heterocycles. The Balaban J connectivity index is 1.77. The van der Waals surface area contributed by atoms with E-state index in [2.05, 4.69) is 5.32 Å². The minimum atomic E-state index is -0.825. The largest absolute Gasteiger partial charge is 0.506 e. The van der Waals surface area contributed by atoms with Crippen molar-refractivity contribution >= 4 is 41.2 Å². The lowest BCUT2D eigenvalue weighted by atomic mass is 10.1. The monoisotopic (exact) mass is 435 g/mol. The van der Waals surface area contributed by atoms with Crippen LogP contribution in [0.1, 0.15) is 17.0 Å². The van der Waals surface area contributed by atoms with Gasteiger partial charge in [-0.2, -0.15) is 0 Å². The predicted molar refractivity (Wildman–Crippen MR) is 117 cm³/mol. The summed E-state index contributed by atoms with van der Waals surface area (Å²) in [5.74, 6) is -1.40. The van der Waals surface area contributed by atoms with E-state index in [1.165, 1.54) is 18.2 Å². The van der Waals surface area contributed by atoms with E-state index in [0.717, 1.165) is 16.3 Å². The number of urea groups is 1. The molecule has 0 aliphatic carbocycles. The number of barbiturate groups is 1. The fraction of sp³-hybridized carbons (Fsp3) is 0.0870. The van der Waals surface area contributed by atoms with Crippen molar-refractivity contribution in [3.63, 3.8) is 0 Å². The number of halogens is 1. The van der Waals surface area contributed by atoms with E-state index in [9.17, 15) is 19.5 Å². The molecule has 1 saturated heterocycles. The molecule has 0 radical (unpaired) electrons. The summed E-state index contributed by atoms with van der Waals surface area (Å²) in [7, 11) is 0. The van der Waals surface area contributed by atoms with Gasteiger partial charge in [0.1, 0.15) is 11.3 Å². The van der Waals surface area contributed by atoms with Gasteiger partial charge in [0.05, 0.1) is 11.4 Å². The molecule has 0 unspecified atom stereocenters. The topological polar surface area (TPSA) is 91.6 Å². The summed E-state index contributed by atoms with van der Waals surface area (Å²) in [6.07, 6.45) is 1.45. The maximum absolute atomic E-state index is 13.1. The summed E-state index contributed by atoms with van der Waals surface area (Å²) in [6.45, 7) is 3.67. The van der Waals surface area contributed by atoms with Gasteiger partial charge in [0.25, 0.3) is 11.8 Å². The molecule has 156 valence electrons. The Hall–Kier alpha value is -3.84. The molecule has 1 fully saturated rings. The Morgan fingerprint density at radius 3 is 2.35 bits per heavy atom. The highest BCUT2D eigenvalue weighted by Crippen LogP contribution is 2.29. The lowest BCUT2D eigenvalue weighted by molar-refractivity contribution is -0.122. The van der Waals surface area contributed by atoms with Gasteiger partial charge in [-0.25, -0.2) is 9.69 Å². The highest BCUT2D eigenvalue weighted by molar-refractivity contribution is 6.39. The van der Waals surface area contributed by atoms with Crippen LogP contribution in [-0.4, -0.2) is 27.5 Å². The molecule has 31 heavy (non-hydrogen) atoms. The Labute approximate surface area is 183 Å². The van der Waals surface area contributed by atoms with Crippen LogP contribution < -0.4 is 10.2 Å². The van der Waals surface area contributed by atoms with Gasteiger partial charge in [0.2, 0.25) is 0 Å². The van der Waals surface area contributed by atoms with Gasteiger partial charge in [-0.1, -0.05) is 23.7 Å². The summed E-state index contributed by atoms with van der Waals surface area (Å²) in [6, 6.07) is 14.0. The quantitative estimate of drug-likeness (QED) is 0.478. The highest BCUT2D eigenvalue weighted by Gasteiger charge is 2.37. The van der Waals surface area contributed by atoms with Crippen LogP contribution in [0, 0.1) is 13.8 Å². The third kappa shape index (κ3) is 3.60. The molecule has 4 amide bonds. The van der Waals surface area contributed by atoms with Crippen molar-refractivity contribution in [2.45, 2.75) is 13.8 Å². The minimum Gasteiger partial charge on any atom is -0.506 e. The fourth-order valence-electron chi connectivity index (χ4n) is 3.60. The maximum atomic E-state index is 13.1. The summed E-state index contributed by atoms with van der Waals surface area (Å²) in [5.41, 5.74) is 2.85. The molecule has 2 aromatic carbocycles. The molecule has 3 aromatic rings. The van der Waals surface area contributed by atoms with Crippen LogP contribution in [0.2, 0.25) is 5.02 Å². The number of aryl methyl sites for hydroxylation is 1. The molecule has 4 rings (SSSR count). The van der Waals surface area contributed by atoms with Gasteiger partial charge in [-0.05, 0) is 68.0 Å². The predicted octanol–water partition coefficient (Wildman–Crippen LogP) is 4.12. The van der Waals surface area contributed by atoms with Crippen LogP contribution in [0.4, 0.5) is 10.5 Å². The normalized spacial score (nSPS) is 15.5. The number of aromatic hydroxyl groups is 1. The van der Waals surface area contributed by atoms with E-state index in [4.69, 9.17) is 11.6 Å². The number of imide groups is 2. The second kappa shape index (κ2) is 7.77. The van der Waals surface area contributed by atoms with E-state index in [1.54, 1.807) is 42.5 Å². The molecule has 2 N–H and O–H groups in total. The average molecular weight is 436 g/mol. The zero-order valence-electron chi connectivity index (χ0n) is 16.7. The van der Waals surface area contributed by atoms with Crippen LogP contribution in [0.3, 0.4) is 0 Å². The minimum absolute atomic E-state index is 0.106. The number of carbonyl (C=O) groups is 3. The molecular weight excluding hydrogens is 418 g/mol. The first-order valence-electron chi connectivity index (χ1n) is 9.42. The summed E-state index contributed by atoms with van der Waals surface area (Å²) in [4.78, 5) is 38.7. The summed E-state index contributed by atoms with van der Waals surface area (Å²) in [5, 5.41) is 12.9.